The summed E-state index contributed by atoms with van der Waals surface area (Å²) in [6, 6.07) is 7.31. The molecule has 76 valence electrons. The second-order valence-electron chi connectivity index (χ2n) is 4.26. The second-order valence-corrected chi connectivity index (χ2v) is 4.69. The van der Waals surface area contributed by atoms with E-state index in [0.29, 0.717) is 12.1 Å². The summed E-state index contributed by atoms with van der Waals surface area (Å²) in [6.07, 6.45) is 2.36. The first-order valence-corrected chi connectivity index (χ1v) is 5.59. The molecule has 0 saturated carbocycles. The number of halogens is 1. The van der Waals surface area contributed by atoms with Gasteiger partial charge >= 0.3 is 0 Å². The molecule has 1 N–H and O–H groups in total. The summed E-state index contributed by atoms with van der Waals surface area (Å²) in [5, 5.41) is 4.43. The summed E-state index contributed by atoms with van der Waals surface area (Å²) >= 11 is 5.96. The largest absolute Gasteiger partial charge is 0.308 e. The molecule has 0 spiro atoms. The zero-order chi connectivity index (χ0) is 10.1. The lowest BCUT2D eigenvalue weighted by Gasteiger charge is -2.16. The van der Waals surface area contributed by atoms with Crippen molar-refractivity contribution in [2.24, 2.45) is 0 Å². The summed E-state index contributed by atoms with van der Waals surface area (Å²) in [7, 11) is 0. The Morgan fingerprint density at radius 1 is 1.43 bits per heavy atom. The molecule has 1 aliphatic carbocycles. The van der Waals surface area contributed by atoms with Crippen LogP contribution in [0.25, 0.3) is 0 Å². The van der Waals surface area contributed by atoms with E-state index in [-0.39, 0.29) is 0 Å². The van der Waals surface area contributed by atoms with Crippen LogP contribution in [0.5, 0.6) is 0 Å². The normalized spacial score (nSPS) is 20.1. The average molecular weight is 210 g/mol. The van der Waals surface area contributed by atoms with Crippen LogP contribution in [0.1, 0.15) is 37.4 Å². The molecule has 0 fully saturated rings. The quantitative estimate of drug-likeness (QED) is 0.788. The van der Waals surface area contributed by atoms with E-state index < -0.39 is 0 Å². The highest BCUT2D eigenvalue weighted by Gasteiger charge is 2.22. The standard InChI is InChI=1S/C12H16ClN/c1-8(2)14-12-6-3-9-7-10(13)4-5-11(9)12/h4-5,7-8,12,14H,3,6H2,1-2H3. The first-order chi connectivity index (χ1) is 6.66. The molecule has 0 amide bonds. The fourth-order valence-corrected chi connectivity index (χ4v) is 2.36. The molecule has 14 heavy (non-hydrogen) atoms. The van der Waals surface area contributed by atoms with Crippen LogP contribution in [0.4, 0.5) is 0 Å². The van der Waals surface area contributed by atoms with Gasteiger partial charge in [0.15, 0.2) is 0 Å². The van der Waals surface area contributed by atoms with Crippen molar-refractivity contribution in [3.8, 4) is 0 Å². The molecule has 1 unspecified atom stereocenters. The Morgan fingerprint density at radius 3 is 2.93 bits per heavy atom. The van der Waals surface area contributed by atoms with E-state index in [4.69, 9.17) is 11.6 Å². The van der Waals surface area contributed by atoms with Crippen molar-refractivity contribution >= 4 is 11.6 Å². The highest BCUT2D eigenvalue weighted by atomic mass is 35.5. The number of hydrogen-bond donors (Lipinski definition) is 1. The van der Waals surface area contributed by atoms with E-state index >= 15 is 0 Å². The molecule has 1 aromatic rings. The lowest BCUT2D eigenvalue weighted by Crippen LogP contribution is -2.26. The minimum absolute atomic E-state index is 0.530. The summed E-state index contributed by atoms with van der Waals surface area (Å²) in [6.45, 7) is 4.38. The van der Waals surface area contributed by atoms with Gasteiger partial charge < -0.3 is 5.32 Å². The molecular formula is C12H16ClN. The summed E-state index contributed by atoms with van der Waals surface area (Å²) in [4.78, 5) is 0. The van der Waals surface area contributed by atoms with Crippen LogP contribution in [-0.4, -0.2) is 6.04 Å². The van der Waals surface area contributed by atoms with Crippen molar-refractivity contribution in [3.05, 3.63) is 34.3 Å². The van der Waals surface area contributed by atoms with E-state index in [1.807, 2.05) is 6.07 Å². The molecule has 2 heteroatoms. The predicted octanol–water partition coefficient (Wildman–Crippen LogP) is 3.33. The zero-order valence-corrected chi connectivity index (χ0v) is 9.43. The van der Waals surface area contributed by atoms with Crippen LogP contribution in [0.3, 0.4) is 0 Å². The minimum Gasteiger partial charge on any atom is -0.308 e. The Balaban J connectivity index is 2.22. The smallest absolute Gasteiger partial charge is 0.0408 e. The third-order valence-electron chi connectivity index (χ3n) is 2.72. The fraction of sp³-hybridized carbons (Fsp3) is 0.500. The Labute approximate surface area is 90.5 Å². The number of nitrogens with one attached hydrogen (secondary N) is 1. The van der Waals surface area contributed by atoms with E-state index in [1.54, 1.807) is 0 Å². The van der Waals surface area contributed by atoms with E-state index in [9.17, 15) is 0 Å². The van der Waals surface area contributed by atoms with Gasteiger partial charge in [0.25, 0.3) is 0 Å². The number of hydrogen-bond acceptors (Lipinski definition) is 1. The van der Waals surface area contributed by atoms with E-state index in [1.165, 1.54) is 17.5 Å². The van der Waals surface area contributed by atoms with Crippen molar-refractivity contribution in [1.82, 2.24) is 5.32 Å². The first-order valence-electron chi connectivity index (χ1n) is 5.21. The van der Waals surface area contributed by atoms with Crippen LogP contribution in [0, 0.1) is 0 Å². The Bertz CT molecular complexity index is 333. The van der Waals surface area contributed by atoms with E-state index in [0.717, 1.165) is 11.4 Å². The summed E-state index contributed by atoms with van der Waals surface area (Å²) < 4.78 is 0. The van der Waals surface area contributed by atoms with Gasteiger partial charge in [-0.2, -0.15) is 0 Å². The Morgan fingerprint density at radius 2 is 2.21 bits per heavy atom. The Kier molecular flexibility index (Phi) is 2.80. The number of rotatable bonds is 2. The van der Waals surface area contributed by atoms with Crippen molar-refractivity contribution < 1.29 is 0 Å². The number of benzene rings is 1. The van der Waals surface area contributed by atoms with Crippen LogP contribution >= 0.6 is 11.6 Å². The topological polar surface area (TPSA) is 12.0 Å². The van der Waals surface area contributed by atoms with Gasteiger partial charge in [-0.3, -0.25) is 0 Å². The van der Waals surface area contributed by atoms with Crippen molar-refractivity contribution in [2.75, 3.05) is 0 Å². The van der Waals surface area contributed by atoms with Crippen LogP contribution in [0.15, 0.2) is 18.2 Å². The Hall–Kier alpha value is -0.530. The van der Waals surface area contributed by atoms with Gasteiger partial charge in [-0.1, -0.05) is 31.5 Å². The highest BCUT2D eigenvalue weighted by Crippen LogP contribution is 2.32. The summed E-state index contributed by atoms with van der Waals surface area (Å²) in [5.74, 6) is 0. The van der Waals surface area contributed by atoms with Gasteiger partial charge in [0.1, 0.15) is 0 Å². The van der Waals surface area contributed by atoms with Crippen LogP contribution in [0.2, 0.25) is 5.02 Å². The molecule has 1 aromatic carbocycles. The third kappa shape index (κ3) is 1.94. The highest BCUT2D eigenvalue weighted by molar-refractivity contribution is 6.30. The lowest BCUT2D eigenvalue weighted by atomic mass is 10.1. The van der Waals surface area contributed by atoms with E-state index in [2.05, 4.69) is 31.3 Å². The average Bonchev–Trinajstić information content (AvgIpc) is 2.47. The maximum absolute atomic E-state index is 5.96. The molecule has 0 aromatic heterocycles. The van der Waals surface area contributed by atoms with Gasteiger partial charge in [-0.25, -0.2) is 0 Å². The van der Waals surface area contributed by atoms with Gasteiger partial charge in [0, 0.05) is 17.1 Å². The molecule has 0 radical (unpaired) electrons. The number of fused-ring (bicyclic) bond motifs is 1. The fourth-order valence-electron chi connectivity index (χ4n) is 2.16. The minimum atomic E-state index is 0.530. The SMILES string of the molecule is CC(C)NC1CCc2cc(Cl)ccc21. The molecule has 1 aliphatic rings. The van der Waals surface area contributed by atoms with Gasteiger partial charge in [-0.15, -0.1) is 0 Å². The van der Waals surface area contributed by atoms with Crippen molar-refractivity contribution in [3.63, 3.8) is 0 Å². The third-order valence-corrected chi connectivity index (χ3v) is 2.95. The molecule has 0 heterocycles. The molecule has 1 nitrogen and oxygen atoms in total. The zero-order valence-electron chi connectivity index (χ0n) is 8.68. The van der Waals surface area contributed by atoms with Gasteiger partial charge in [-0.05, 0) is 36.1 Å². The maximum atomic E-state index is 5.96. The maximum Gasteiger partial charge on any atom is 0.0408 e. The molecule has 1 atom stereocenters. The second kappa shape index (κ2) is 3.92. The lowest BCUT2D eigenvalue weighted by molar-refractivity contribution is 0.475. The van der Waals surface area contributed by atoms with Crippen molar-refractivity contribution in [2.45, 2.75) is 38.8 Å². The monoisotopic (exact) mass is 209 g/mol. The van der Waals surface area contributed by atoms with Gasteiger partial charge in [0.05, 0.1) is 0 Å². The summed E-state index contributed by atoms with van der Waals surface area (Å²) in [5.41, 5.74) is 2.85. The molecule has 0 bridgehead atoms. The molecule has 0 aliphatic heterocycles. The van der Waals surface area contributed by atoms with Crippen LogP contribution in [-0.2, 0) is 6.42 Å². The van der Waals surface area contributed by atoms with Crippen LogP contribution < -0.4 is 5.32 Å². The first kappa shape index (κ1) is 10.0. The molecule has 0 saturated heterocycles. The predicted molar refractivity (Wildman–Crippen MR) is 60.8 cm³/mol. The number of aryl methyl sites for hydroxylation is 1. The van der Waals surface area contributed by atoms with Crippen molar-refractivity contribution in [1.29, 1.82) is 0 Å². The van der Waals surface area contributed by atoms with Gasteiger partial charge in [0.2, 0.25) is 0 Å². The molecular weight excluding hydrogens is 194 g/mol. The molecule has 2 rings (SSSR count).